The molecule has 1 aromatic rings. The van der Waals surface area contributed by atoms with Crippen LogP contribution in [0.15, 0.2) is 30.4 Å². The van der Waals surface area contributed by atoms with Crippen molar-refractivity contribution >= 4 is 25.4 Å². The van der Waals surface area contributed by atoms with Gasteiger partial charge in [0.15, 0.2) is 5.78 Å². The van der Waals surface area contributed by atoms with Gasteiger partial charge in [0.25, 0.3) is 0 Å². The Balaban J connectivity index is 2.82. The molecule has 0 aliphatic carbocycles. The van der Waals surface area contributed by atoms with Gasteiger partial charge in [-0.1, -0.05) is 38.7 Å². The van der Waals surface area contributed by atoms with Gasteiger partial charge < -0.3 is 4.74 Å². The summed E-state index contributed by atoms with van der Waals surface area (Å²) in [4.78, 5) is 36.1. The minimum Gasteiger partial charge on any atom is -0.426 e. The molecule has 0 N–H and O–H groups in total. The first kappa shape index (κ1) is 27.7. The summed E-state index contributed by atoms with van der Waals surface area (Å²) in [5, 5.41) is 0. The highest BCUT2D eigenvalue weighted by Gasteiger charge is 2.32. The Labute approximate surface area is 189 Å². The zero-order valence-corrected chi connectivity index (χ0v) is 19.4. The number of hydrogen-bond acceptors (Lipinski definition) is 4. The van der Waals surface area contributed by atoms with Gasteiger partial charge in [0.2, 0.25) is 0 Å². The Hall–Kier alpha value is -2.38. The van der Waals surface area contributed by atoms with E-state index >= 15 is 0 Å². The molecule has 0 radical (unpaired) electrons. The summed E-state index contributed by atoms with van der Waals surface area (Å²) >= 11 is 0. The van der Waals surface area contributed by atoms with Crippen LogP contribution in [0.4, 0.5) is 13.2 Å². The fourth-order valence-electron chi connectivity index (χ4n) is 3.45. The standard InChI is InChI=1S/C24H32BF3O4/c1-5-6-7-8-19(30)11-9-15(2)23(25)16(3)13-21(31)20-12-10-18(24(26,27)28)14-22(20)32-17(4)29/h6-7,10,12,14-16,23H,5,8-9,11,13,25H2,1-4H3/b7-6-. The fourth-order valence-corrected chi connectivity index (χ4v) is 3.45. The summed E-state index contributed by atoms with van der Waals surface area (Å²) in [5.74, 6) is -1.15. The molecule has 0 aromatic heterocycles. The first-order valence-corrected chi connectivity index (χ1v) is 11.0. The normalized spacial score (nSPS) is 14.7. The predicted octanol–water partition coefficient (Wildman–Crippen LogP) is 5.60. The van der Waals surface area contributed by atoms with Gasteiger partial charge in [-0.25, -0.2) is 0 Å². The average molecular weight is 452 g/mol. The van der Waals surface area contributed by atoms with Gasteiger partial charge in [0, 0.05) is 26.2 Å². The number of ether oxygens (including phenoxy) is 1. The number of alkyl halides is 3. The number of carbonyl (C=O) groups is 3. The Kier molecular flexibility index (Phi) is 10.9. The third-order valence-electron chi connectivity index (χ3n) is 5.79. The largest absolute Gasteiger partial charge is 0.426 e. The molecule has 0 fully saturated rings. The van der Waals surface area contributed by atoms with Crippen LogP contribution in [0.5, 0.6) is 5.75 Å². The van der Waals surface area contributed by atoms with Crippen LogP contribution in [0.1, 0.15) is 75.7 Å². The fraction of sp³-hybridized carbons (Fsp3) is 0.542. The van der Waals surface area contributed by atoms with E-state index in [9.17, 15) is 27.6 Å². The monoisotopic (exact) mass is 452 g/mol. The maximum Gasteiger partial charge on any atom is 0.416 e. The molecule has 32 heavy (non-hydrogen) atoms. The number of halogens is 3. The Morgan fingerprint density at radius 1 is 1.12 bits per heavy atom. The van der Waals surface area contributed by atoms with Gasteiger partial charge in [-0.05, 0) is 42.9 Å². The lowest BCUT2D eigenvalue weighted by Crippen LogP contribution is -2.19. The second-order valence-corrected chi connectivity index (χ2v) is 8.40. The molecule has 0 saturated carbocycles. The second kappa shape index (κ2) is 12.6. The van der Waals surface area contributed by atoms with Crippen LogP contribution in [0.25, 0.3) is 0 Å². The van der Waals surface area contributed by atoms with E-state index in [2.05, 4.69) is 0 Å². The molecule has 0 aliphatic heterocycles. The number of Topliss-reactive ketones (excluding diaryl/α,β-unsaturated/α-hetero) is 2. The summed E-state index contributed by atoms with van der Waals surface area (Å²) in [7, 11) is 2.00. The molecule has 4 nitrogen and oxygen atoms in total. The number of hydrogen-bond donors (Lipinski definition) is 0. The maximum atomic E-state index is 13.0. The molecule has 3 unspecified atom stereocenters. The van der Waals surface area contributed by atoms with Crippen molar-refractivity contribution in [2.24, 2.45) is 11.8 Å². The molecule has 1 aromatic carbocycles. The minimum atomic E-state index is -4.61. The summed E-state index contributed by atoms with van der Waals surface area (Å²) in [6.07, 6.45) is 1.81. The van der Waals surface area contributed by atoms with Crippen LogP contribution < -0.4 is 4.74 Å². The number of ketones is 2. The van der Waals surface area contributed by atoms with Crippen molar-refractivity contribution in [2.75, 3.05) is 0 Å². The Morgan fingerprint density at radius 2 is 1.78 bits per heavy atom. The van der Waals surface area contributed by atoms with E-state index in [0.29, 0.717) is 25.3 Å². The number of benzene rings is 1. The molecule has 0 saturated heterocycles. The molecular weight excluding hydrogens is 420 g/mol. The smallest absolute Gasteiger partial charge is 0.416 e. The predicted molar refractivity (Wildman–Crippen MR) is 121 cm³/mol. The highest BCUT2D eigenvalue weighted by molar-refractivity contribution is 6.12. The van der Waals surface area contributed by atoms with Crippen LogP contribution in [0, 0.1) is 11.8 Å². The highest BCUT2D eigenvalue weighted by atomic mass is 19.4. The van der Waals surface area contributed by atoms with Gasteiger partial charge in [-0.3, -0.25) is 14.4 Å². The molecule has 1 rings (SSSR count). The minimum absolute atomic E-state index is 0.0437. The van der Waals surface area contributed by atoms with Gasteiger partial charge in [0.05, 0.1) is 11.1 Å². The summed E-state index contributed by atoms with van der Waals surface area (Å²) < 4.78 is 43.9. The SMILES string of the molecule is BC(C(C)CCC(=O)C/C=C\CC)C(C)CC(=O)c1ccc(C(F)(F)F)cc1OC(C)=O. The van der Waals surface area contributed by atoms with Crippen molar-refractivity contribution in [3.63, 3.8) is 0 Å². The van der Waals surface area contributed by atoms with Gasteiger partial charge in [-0.15, -0.1) is 0 Å². The molecule has 0 bridgehead atoms. The molecule has 8 heteroatoms. The number of rotatable bonds is 12. The molecule has 0 aliphatic rings. The second-order valence-electron chi connectivity index (χ2n) is 8.40. The Morgan fingerprint density at radius 3 is 2.34 bits per heavy atom. The summed E-state index contributed by atoms with van der Waals surface area (Å²) in [6.45, 7) is 7.01. The molecule has 3 atom stereocenters. The van der Waals surface area contributed by atoms with Crippen molar-refractivity contribution in [3.05, 3.63) is 41.5 Å². The number of allylic oxidation sites excluding steroid dienone is 2. The quantitative estimate of drug-likeness (QED) is 0.136. The van der Waals surface area contributed by atoms with Gasteiger partial charge in [0.1, 0.15) is 19.4 Å². The van der Waals surface area contributed by atoms with E-state index in [1.54, 1.807) is 0 Å². The lowest BCUT2D eigenvalue weighted by molar-refractivity contribution is -0.138. The third-order valence-corrected chi connectivity index (χ3v) is 5.79. The van der Waals surface area contributed by atoms with Crippen molar-refractivity contribution in [1.82, 2.24) is 0 Å². The zero-order chi connectivity index (χ0) is 24.5. The van der Waals surface area contributed by atoms with Crippen LogP contribution in [-0.2, 0) is 15.8 Å². The van der Waals surface area contributed by atoms with Crippen LogP contribution >= 0.6 is 0 Å². The van der Waals surface area contributed by atoms with E-state index in [1.807, 2.05) is 40.8 Å². The lowest BCUT2D eigenvalue weighted by atomic mass is 9.66. The first-order valence-electron chi connectivity index (χ1n) is 11.0. The third kappa shape index (κ3) is 9.01. The summed E-state index contributed by atoms with van der Waals surface area (Å²) in [5.41, 5.74) is -1.03. The van der Waals surface area contributed by atoms with Gasteiger partial charge in [-0.2, -0.15) is 13.2 Å². The van der Waals surface area contributed by atoms with Crippen molar-refractivity contribution in [3.8, 4) is 5.75 Å². The topological polar surface area (TPSA) is 60.4 Å². The van der Waals surface area contributed by atoms with E-state index in [1.165, 1.54) is 0 Å². The first-order chi connectivity index (χ1) is 14.9. The molecule has 176 valence electrons. The summed E-state index contributed by atoms with van der Waals surface area (Å²) in [6, 6.07) is 2.56. The maximum absolute atomic E-state index is 13.0. The van der Waals surface area contributed by atoms with Crippen molar-refractivity contribution < 1.29 is 32.3 Å². The average Bonchev–Trinajstić information content (AvgIpc) is 2.70. The van der Waals surface area contributed by atoms with E-state index < -0.39 is 17.7 Å². The molecular formula is C24H32BF3O4. The molecule has 0 spiro atoms. The van der Waals surface area contributed by atoms with Crippen molar-refractivity contribution in [1.29, 1.82) is 0 Å². The number of esters is 1. The van der Waals surface area contributed by atoms with E-state index in [0.717, 1.165) is 25.5 Å². The van der Waals surface area contributed by atoms with Crippen LogP contribution in [0.3, 0.4) is 0 Å². The zero-order valence-electron chi connectivity index (χ0n) is 19.4. The number of carbonyl (C=O) groups excluding carboxylic acids is 3. The van der Waals surface area contributed by atoms with Gasteiger partial charge >= 0.3 is 12.1 Å². The molecule has 0 heterocycles. The van der Waals surface area contributed by atoms with E-state index in [-0.39, 0.29) is 47.0 Å². The van der Waals surface area contributed by atoms with Crippen LogP contribution in [-0.4, -0.2) is 25.4 Å². The molecule has 0 amide bonds. The lowest BCUT2D eigenvalue weighted by Gasteiger charge is -2.26. The Bertz CT molecular complexity index is 833. The highest BCUT2D eigenvalue weighted by Crippen LogP contribution is 2.35. The van der Waals surface area contributed by atoms with Crippen molar-refractivity contribution in [2.45, 2.75) is 71.8 Å². The van der Waals surface area contributed by atoms with E-state index in [4.69, 9.17) is 4.74 Å². The van der Waals surface area contributed by atoms with Crippen LogP contribution in [0.2, 0.25) is 5.82 Å².